The molecule has 1 heterocycles. The molecule has 5 heteroatoms. The van der Waals surface area contributed by atoms with Gasteiger partial charge in [0.2, 0.25) is 5.91 Å². The third kappa shape index (κ3) is 5.09. The SMILES string of the molecule is CCc1ccc(OCCNC(=O)CCCc2nc3ccccc3o2)cc1. The van der Waals surface area contributed by atoms with Gasteiger partial charge in [-0.2, -0.15) is 0 Å². The second-order valence-electron chi connectivity index (χ2n) is 6.12. The average molecular weight is 352 g/mol. The van der Waals surface area contributed by atoms with Gasteiger partial charge < -0.3 is 14.5 Å². The smallest absolute Gasteiger partial charge is 0.220 e. The van der Waals surface area contributed by atoms with Crippen molar-refractivity contribution in [2.45, 2.75) is 32.6 Å². The van der Waals surface area contributed by atoms with Gasteiger partial charge in [-0.25, -0.2) is 4.98 Å². The number of para-hydroxylation sites is 2. The Morgan fingerprint density at radius 2 is 1.96 bits per heavy atom. The van der Waals surface area contributed by atoms with E-state index in [1.807, 2.05) is 36.4 Å². The molecule has 1 N–H and O–H groups in total. The van der Waals surface area contributed by atoms with Crippen LogP contribution in [0.25, 0.3) is 11.1 Å². The minimum atomic E-state index is 0.0195. The highest BCUT2D eigenvalue weighted by Crippen LogP contribution is 2.16. The van der Waals surface area contributed by atoms with Crippen molar-refractivity contribution in [1.29, 1.82) is 0 Å². The van der Waals surface area contributed by atoms with Crippen LogP contribution < -0.4 is 10.1 Å². The van der Waals surface area contributed by atoms with E-state index in [1.54, 1.807) is 0 Å². The van der Waals surface area contributed by atoms with Crippen molar-refractivity contribution in [3.8, 4) is 5.75 Å². The van der Waals surface area contributed by atoms with Crippen molar-refractivity contribution < 1.29 is 13.9 Å². The minimum absolute atomic E-state index is 0.0195. The largest absolute Gasteiger partial charge is 0.492 e. The molecular weight excluding hydrogens is 328 g/mol. The summed E-state index contributed by atoms with van der Waals surface area (Å²) in [7, 11) is 0. The first-order chi connectivity index (χ1) is 12.7. The van der Waals surface area contributed by atoms with E-state index < -0.39 is 0 Å². The van der Waals surface area contributed by atoms with E-state index in [0.29, 0.717) is 38.3 Å². The van der Waals surface area contributed by atoms with E-state index in [2.05, 4.69) is 29.4 Å². The Morgan fingerprint density at radius 3 is 2.73 bits per heavy atom. The maximum atomic E-state index is 11.9. The van der Waals surface area contributed by atoms with Gasteiger partial charge in [0.25, 0.3) is 0 Å². The van der Waals surface area contributed by atoms with Crippen LogP contribution in [0.3, 0.4) is 0 Å². The summed E-state index contributed by atoms with van der Waals surface area (Å²) in [6.07, 6.45) is 2.82. The molecule has 3 rings (SSSR count). The monoisotopic (exact) mass is 352 g/mol. The molecule has 0 radical (unpaired) electrons. The van der Waals surface area contributed by atoms with E-state index in [4.69, 9.17) is 9.15 Å². The van der Waals surface area contributed by atoms with Crippen molar-refractivity contribution in [2.75, 3.05) is 13.2 Å². The molecule has 0 saturated carbocycles. The zero-order chi connectivity index (χ0) is 18.2. The van der Waals surface area contributed by atoms with E-state index in [1.165, 1.54) is 5.56 Å². The summed E-state index contributed by atoms with van der Waals surface area (Å²) in [5.74, 6) is 1.52. The maximum Gasteiger partial charge on any atom is 0.220 e. The van der Waals surface area contributed by atoms with Crippen LogP contribution in [0.1, 0.15) is 31.2 Å². The fourth-order valence-electron chi connectivity index (χ4n) is 2.70. The Kier molecular flexibility index (Phi) is 6.25. The molecule has 1 aromatic heterocycles. The molecule has 3 aromatic rings. The number of hydrogen-bond donors (Lipinski definition) is 1. The number of carbonyl (C=O) groups excluding carboxylic acids is 1. The molecule has 0 saturated heterocycles. The van der Waals surface area contributed by atoms with Crippen LogP contribution in [0.4, 0.5) is 0 Å². The third-order valence-corrected chi connectivity index (χ3v) is 4.16. The molecular formula is C21H24N2O3. The molecule has 1 amide bonds. The predicted molar refractivity (Wildman–Crippen MR) is 101 cm³/mol. The zero-order valence-corrected chi connectivity index (χ0v) is 15.0. The lowest BCUT2D eigenvalue weighted by Gasteiger charge is -2.08. The molecule has 0 spiro atoms. The number of rotatable bonds is 9. The van der Waals surface area contributed by atoms with Gasteiger partial charge in [-0.05, 0) is 42.7 Å². The van der Waals surface area contributed by atoms with Gasteiger partial charge in [-0.15, -0.1) is 0 Å². The Bertz CT molecular complexity index is 807. The molecule has 0 fully saturated rings. The van der Waals surface area contributed by atoms with E-state index in [-0.39, 0.29) is 5.91 Å². The zero-order valence-electron chi connectivity index (χ0n) is 15.0. The Labute approximate surface area is 153 Å². The van der Waals surface area contributed by atoms with Crippen LogP contribution >= 0.6 is 0 Å². The van der Waals surface area contributed by atoms with Crippen LogP contribution in [-0.4, -0.2) is 24.0 Å². The quantitative estimate of drug-likeness (QED) is 0.593. The van der Waals surface area contributed by atoms with Crippen molar-refractivity contribution in [2.24, 2.45) is 0 Å². The standard InChI is InChI=1S/C21H24N2O3/c1-2-16-10-12-17(13-11-16)25-15-14-22-20(24)8-5-9-21-23-18-6-3-4-7-19(18)26-21/h3-4,6-7,10-13H,2,5,8-9,14-15H2,1H3,(H,22,24). The highest BCUT2D eigenvalue weighted by atomic mass is 16.5. The van der Waals surface area contributed by atoms with Gasteiger partial charge in [0.1, 0.15) is 17.9 Å². The summed E-state index contributed by atoms with van der Waals surface area (Å²) >= 11 is 0. The lowest BCUT2D eigenvalue weighted by molar-refractivity contribution is -0.121. The van der Waals surface area contributed by atoms with Crippen molar-refractivity contribution in [3.63, 3.8) is 0 Å². The fourth-order valence-corrected chi connectivity index (χ4v) is 2.70. The van der Waals surface area contributed by atoms with E-state index in [0.717, 1.165) is 23.3 Å². The molecule has 136 valence electrons. The molecule has 0 aliphatic carbocycles. The van der Waals surface area contributed by atoms with Gasteiger partial charge >= 0.3 is 0 Å². The summed E-state index contributed by atoms with van der Waals surface area (Å²) in [5.41, 5.74) is 2.93. The van der Waals surface area contributed by atoms with Crippen LogP contribution in [0.5, 0.6) is 5.75 Å². The summed E-state index contributed by atoms with van der Waals surface area (Å²) in [6, 6.07) is 15.7. The van der Waals surface area contributed by atoms with Crippen LogP contribution in [0.2, 0.25) is 0 Å². The average Bonchev–Trinajstić information content (AvgIpc) is 3.08. The second-order valence-corrected chi connectivity index (χ2v) is 6.12. The number of amides is 1. The first-order valence-corrected chi connectivity index (χ1v) is 9.07. The maximum absolute atomic E-state index is 11.9. The molecule has 5 nitrogen and oxygen atoms in total. The number of aryl methyl sites for hydroxylation is 2. The number of aromatic nitrogens is 1. The molecule has 2 aromatic carbocycles. The Hall–Kier alpha value is -2.82. The number of hydrogen-bond acceptors (Lipinski definition) is 4. The number of nitrogens with zero attached hydrogens (tertiary/aromatic N) is 1. The highest BCUT2D eigenvalue weighted by molar-refractivity contribution is 5.75. The molecule has 0 unspecified atom stereocenters. The van der Waals surface area contributed by atoms with E-state index >= 15 is 0 Å². The van der Waals surface area contributed by atoms with Crippen LogP contribution in [0.15, 0.2) is 52.9 Å². The van der Waals surface area contributed by atoms with Gasteiger partial charge in [0.15, 0.2) is 11.5 Å². The number of oxazole rings is 1. The van der Waals surface area contributed by atoms with Crippen LogP contribution in [0, 0.1) is 0 Å². The normalized spacial score (nSPS) is 10.8. The molecule has 0 aliphatic heterocycles. The van der Waals surface area contributed by atoms with Crippen molar-refractivity contribution in [1.82, 2.24) is 10.3 Å². The van der Waals surface area contributed by atoms with Crippen LogP contribution in [-0.2, 0) is 17.6 Å². The first kappa shape index (κ1) is 18.0. The summed E-state index contributed by atoms with van der Waals surface area (Å²) in [4.78, 5) is 16.3. The molecule has 0 atom stereocenters. The van der Waals surface area contributed by atoms with Crippen molar-refractivity contribution >= 4 is 17.0 Å². The molecule has 0 aliphatic rings. The summed E-state index contributed by atoms with van der Waals surface area (Å²) in [5, 5.41) is 2.87. The predicted octanol–water partition coefficient (Wildman–Crippen LogP) is 3.91. The fraction of sp³-hybridized carbons (Fsp3) is 0.333. The number of ether oxygens (including phenoxy) is 1. The van der Waals surface area contributed by atoms with Gasteiger partial charge in [0.05, 0.1) is 6.54 Å². The number of benzene rings is 2. The van der Waals surface area contributed by atoms with Crippen molar-refractivity contribution in [3.05, 3.63) is 60.0 Å². The molecule has 26 heavy (non-hydrogen) atoms. The lowest BCUT2D eigenvalue weighted by Crippen LogP contribution is -2.27. The molecule has 0 bridgehead atoms. The van der Waals surface area contributed by atoms with Gasteiger partial charge in [-0.3, -0.25) is 4.79 Å². The third-order valence-electron chi connectivity index (χ3n) is 4.16. The minimum Gasteiger partial charge on any atom is -0.492 e. The lowest BCUT2D eigenvalue weighted by atomic mass is 10.2. The number of nitrogens with one attached hydrogen (secondary N) is 1. The summed E-state index contributed by atoms with van der Waals surface area (Å²) in [6.45, 7) is 3.08. The number of fused-ring (bicyclic) bond motifs is 1. The Morgan fingerprint density at radius 1 is 1.15 bits per heavy atom. The highest BCUT2D eigenvalue weighted by Gasteiger charge is 2.07. The first-order valence-electron chi connectivity index (χ1n) is 9.07. The Balaban J connectivity index is 1.31. The topological polar surface area (TPSA) is 64.4 Å². The summed E-state index contributed by atoms with van der Waals surface area (Å²) < 4.78 is 11.3. The van der Waals surface area contributed by atoms with Gasteiger partial charge in [-0.1, -0.05) is 31.2 Å². The second kappa shape index (κ2) is 9.04. The van der Waals surface area contributed by atoms with E-state index in [9.17, 15) is 4.79 Å². The van der Waals surface area contributed by atoms with Gasteiger partial charge in [0, 0.05) is 12.8 Å². The number of carbonyl (C=O) groups is 1.